The minimum atomic E-state index is -1.09. The third-order valence-corrected chi connectivity index (χ3v) is 7.12. The first-order chi connectivity index (χ1) is 17.9. The average molecular weight is 513 g/mol. The fourth-order valence-electron chi connectivity index (χ4n) is 3.88. The lowest BCUT2D eigenvalue weighted by molar-refractivity contribution is -0.445. The molecular formula is C31H44O6. The first-order valence-electron chi connectivity index (χ1n) is 13.8. The van der Waals surface area contributed by atoms with Crippen LogP contribution in [0.3, 0.4) is 0 Å². The van der Waals surface area contributed by atoms with Crippen LogP contribution in [0.2, 0.25) is 0 Å². The van der Waals surface area contributed by atoms with Crippen molar-refractivity contribution in [2.24, 2.45) is 5.41 Å². The van der Waals surface area contributed by atoms with Gasteiger partial charge < -0.3 is 0 Å². The van der Waals surface area contributed by atoms with Crippen molar-refractivity contribution in [1.29, 1.82) is 0 Å². The largest absolute Gasteiger partial charge is 0.373 e. The maximum absolute atomic E-state index is 12.6. The highest BCUT2D eigenvalue weighted by Gasteiger charge is 2.37. The predicted octanol–water partition coefficient (Wildman–Crippen LogP) is 8.18. The molecule has 6 heteroatoms. The van der Waals surface area contributed by atoms with E-state index in [9.17, 15) is 9.59 Å². The van der Waals surface area contributed by atoms with Gasteiger partial charge in [-0.2, -0.15) is 0 Å². The van der Waals surface area contributed by atoms with E-state index in [1.807, 2.05) is 45.0 Å². The lowest BCUT2D eigenvalue weighted by Gasteiger charge is -2.32. The summed E-state index contributed by atoms with van der Waals surface area (Å²) in [7, 11) is 0. The van der Waals surface area contributed by atoms with Crippen molar-refractivity contribution in [3.8, 4) is 0 Å². The molecule has 0 bridgehead atoms. The smallest absolute Gasteiger partial charge is 0.290 e. The van der Waals surface area contributed by atoms with Crippen LogP contribution in [-0.2, 0) is 32.4 Å². The van der Waals surface area contributed by atoms with Gasteiger partial charge in [0.05, 0.1) is 11.1 Å². The molecule has 2 aromatic rings. The third-order valence-electron chi connectivity index (χ3n) is 7.12. The van der Waals surface area contributed by atoms with Crippen molar-refractivity contribution in [2.45, 2.75) is 105 Å². The van der Waals surface area contributed by atoms with Gasteiger partial charge in [0, 0.05) is 5.41 Å². The van der Waals surface area contributed by atoms with Crippen LogP contribution in [0.1, 0.15) is 118 Å². The number of aryl methyl sites for hydroxylation is 2. The van der Waals surface area contributed by atoms with Gasteiger partial charge in [-0.05, 0) is 73.9 Å². The summed E-state index contributed by atoms with van der Waals surface area (Å²) >= 11 is 0. The molecule has 0 aliphatic rings. The molecule has 2 rings (SSSR count). The van der Waals surface area contributed by atoms with Crippen molar-refractivity contribution in [3.63, 3.8) is 0 Å². The molecule has 2 aromatic carbocycles. The van der Waals surface area contributed by atoms with E-state index in [1.165, 1.54) is 36.8 Å². The fourth-order valence-corrected chi connectivity index (χ4v) is 3.88. The fraction of sp³-hybridized carbons (Fsp3) is 0.548. The number of unbranched alkanes of at least 4 members (excludes halogenated alkanes) is 4. The van der Waals surface area contributed by atoms with Gasteiger partial charge in [-0.3, -0.25) is 9.78 Å². The molecule has 6 nitrogen and oxygen atoms in total. The first-order valence-corrected chi connectivity index (χ1v) is 13.8. The van der Waals surface area contributed by atoms with Gasteiger partial charge in [-0.25, -0.2) is 9.59 Å². The summed E-state index contributed by atoms with van der Waals surface area (Å²) in [6.07, 6.45) is 9.13. The summed E-state index contributed by atoms with van der Waals surface area (Å²) in [5.74, 6) is -1.26. The zero-order valence-corrected chi connectivity index (χ0v) is 23.2. The molecule has 0 aliphatic carbocycles. The Morgan fingerprint density at radius 2 is 1.03 bits per heavy atom. The lowest BCUT2D eigenvalue weighted by atomic mass is 9.84. The molecule has 0 amide bonds. The molecule has 0 saturated heterocycles. The van der Waals surface area contributed by atoms with E-state index in [2.05, 4.69) is 13.8 Å². The second kappa shape index (κ2) is 16.2. The highest BCUT2D eigenvalue weighted by Crippen LogP contribution is 2.33. The van der Waals surface area contributed by atoms with Crippen molar-refractivity contribution in [1.82, 2.24) is 0 Å². The van der Waals surface area contributed by atoms with Crippen molar-refractivity contribution in [2.75, 3.05) is 0 Å². The highest BCUT2D eigenvalue weighted by atomic mass is 17.3. The van der Waals surface area contributed by atoms with Gasteiger partial charge in [0.1, 0.15) is 0 Å². The lowest BCUT2D eigenvalue weighted by Crippen LogP contribution is -2.37. The highest BCUT2D eigenvalue weighted by molar-refractivity contribution is 5.89. The van der Waals surface area contributed by atoms with Crippen LogP contribution < -0.4 is 0 Å². The molecule has 0 aromatic heterocycles. The second-order valence-corrected chi connectivity index (χ2v) is 9.94. The van der Waals surface area contributed by atoms with E-state index in [4.69, 9.17) is 19.6 Å². The Kier molecular flexibility index (Phi) is 13.4. The number of carbonyl (C=O) groups is 2. The summed E-state index contributed by atoms with van der Waals surface area (Å²) in [6, 6.07) is 14.6. The molecule has 0 N–H and O–H groups in total. The Hall–Kier alpha value is -2.70. The Labute approximate surface area is 222 Å². The Bertz CT molecular complexity index is 862. The Morgan fingerprint density at radius 1 is 0.649 bits per heavy atom. The van der Waals surface area contributed by atoms with Gasteiger partial charge in [0.25, 0.3) is 6.29 Å². The quantitative estimate of drug-likeness (QED) is 0.0921. The maximum Gasteiger partial charge on any atom is 0.373 e. The van der Waals surface area contributed by atoms with Gasteiger partial charge in [0.15, 0.2) is 0 Å². The number of hydrogen-bond donors (Lipinski definition) is 0. The summed E-state index contributed by atoms with van der Waals surface area (Å²) in [5.41, 5.74) is 2.56. The van der Waals surface area contributed by atoms with E-state index in [0.29, 0.717) is 24.0 Å². The first kappa shape index (κ1) is 30.5. The standard InChI is InChI=1S/C31H44O6/c1-6-10-12-14-24-16-20-26(21-17-24)28(32)34-36-30(31(5,8-3)9-4)37-35-29(33)27-22-18-25(19-23-27)15-13-11-7-2/h16-23,30H,6-15H2,1-5H3. The van der Waals surface area contributed by atoms with Crippen LogP contribution >= 0.6 is 0 Å². The predicted molar refractivity (Wildman–Crippen MR) is 145 cm³/mol. The van der Waals surface area contributed by atoms with Crippen molar-refractivity contribution < 1.29 is 29.1 Å². The molecular weight excluding hydrogens is 468 g/mol. The van der Waals surface area contributed by atoms with Crippen LogP contribution in [0.15, 0.2) is 48.5 Å². The third kappa shape index (κ3) is 9.94. The zero-order chi connectivity index (χ0) is 27.1. The van der Waals surface area contributed by atoms with E-state index in [-0.39, 0.29) is 0 Å². The Balaban J connectivity index is 1.96. The topological polar surface area (TPSA) is 71.1 Å². The monoisotopic (exact) mass is 512 g/mol. The number of benzene rings is 2. The molecule has 0 saturated carbocycles. The van der Waals surface area contributed by atoms with E-state index >= 15 is 0 Å². The van der Waals surface area contributed by atoms with Gasteiger partial charge in [-0.1, -0.05) is 84.6 Å². The van der Waals surface area contributed by atoms with E-state index in [0.717, 1.165) is 25.7 Å². The maximum atomic E-state index is 12.6. The van der Waals surface area contributed by atoms with E-state index < -0.39 is 23.6 Å². The van der Waals surface area contributed by atoms with Gasteiger partial charge in [0.2, 0.25) is 0 Å². The number of carbonyl (C=O) groups excluding carboxylic acids is 2. The zero-order valence-electron chi connectivity index (χ0n) is 23.2. The normalized spacial score (nSPS) is 11.5. The molecule has 37 heavy (non-hydrogen) atoms. The molecule has 0 fully saturated rings. The summed E-state index contributed by atoms with van der Waals surface area (Å²) in [6.45, 7) is 10.2. The minimum Gasteiger partial charge on any atom is -0.290 e. The van der Waals surface area contributed by atoms with Crippen LogP contribution in [0.4, 0.5) is 0 Å². The molecule has 0 heterocycles. The van der Waals surface area contributed by atoms with Gasteiger partial charge >= 0.3 is 11.9 Å². The molecule has 204 valence electrons. The summed E-state index contributed by atoms with van der Waals surface area (Å²) in [5, 5.41) is 0. The number of hydrogen-bond acceptors (Lipinski definition) is 6. The summed E-state index contributed by atoms with van der Waals surface area (Å²) < 4.78 is 0. The van der Waals surface area contributed by atoms with Crippen LogP contribution in [0.25, 0.3) is 0 Å². The van der Waals surface area contributed by atoms with Gasteiger partial charge in [-0.15, -0.1) is 9.78 Å². The molecule has 0 atom stereocenters. The molecule has 0 spiro atoms. The van der Waals surface area contributed by atoms with Crippen molar-refractivity contribution >= 4 is 11.9 Å². The second-order valence-electron chi connectivity index (χ2n) is 9.94. The SMILES string of the molecule is CCCCCc1ccc(C(=O)OOC(OOC(=O)c2ccc(CCCCC)cc2)C(C)(CC)CC)cc1. The molecule has 0 unspecified atom stereocenters. The summed E-state index contributed by atoms with van der Waals surface area (Å²) in [4.78, 5) is 46.3. The molecule has 0 radical (unpaired) electrons. The van der Waals surface area contributed by atoms with E-state index in [1.54, 1.807) is 24.3 Å². The Morgan fingerprint density at radius 3 is 1.35 bits per heavy atom. The van der Waals surface area contributed by atoms with Crippen LogP contribution in [0, 0.1) is 5.41 Å². The average Bonchev–Trinajstić information content (AvgIpc) is 2.93. The van der Waals surface area contributed by atoms with Crippen molar-refractivity contribution in [3.05, 3.63) is 70.8 Å². The molecule has 0 aliphatic heterocycles. The number of rotatable bonds is 17. The van der Waals surface area contributed by atoms with Crippen LogP contribution in [-0.4, -0.2) is 18.2 Å². The van der Waals surface area contributed by atoms with Crippen LogP contribution in [0.5, 0.6) is 0 Å². The minimum absolute atomic E-state index is 0.378.